The Morgan fingerprint density at radius 1 is 1.40 bits per heavy atom. The topological polar surface area (TPSA) is 21.1 Å². The third-order valence-corrected chi connectivity index (χ3v) is 4.26. The lowest BCUT2D eigenvalue weighted by Crippen LogP contribution is -2.34. The summed E-state index contributed by atoms with van der Waals surface area (Å²) in [6, 6.07) is 0. The minimum atomic E-state index is 0.894. The van der Waals surface area contributed by atoms with Gasteiger partial charge in [-0.1, -0.05) is 15.9 Å². The van der Waals surface area contributed by atoms with Gasteiger partial charge >= 0.3 is 0 Å². The summed E-state index contributed by atoms with van der Waals surface area (Å²) >= 11 is 5.59. The van der Waals surface area contributed by atoms with E-state index >= 15 is 0 Å². The highest BCUT2D eigenvalue weighted by molar-refractivity contribution is 9.08. The van der Waals surface area contributed by atoms with Gasteiger partial charge in [0, 0.05) is 42.5 Å². The van der Waals surface area contributed by atoms with Gasteiger partial charge in [-0.05, 0) is 6.92 Å². The number of halogens is 1. The van der Waals surface area contributed by atoms with Crippen LogP contribution in [0.2, 0.25) is 0 Å². The van der Waals surface area contributed by atoms with Crippen molar-refractivity contribution in [2.45, 2.75) is 12.3 Å². The Kier molecular flexibility index (Phi) is 3.61. The van der Waals surface area contributed by atoms with Crippen molar-refractivity contribution in [2.75, 3.05) is 29.5 Å². The minimum Gasteiger partial charge on any atom is -0.355 e. The van der Waals surface area contributed by atoms with Gasteiger partial charge in [-0.25, -0.2) is 0 Å². The summed E-state index contributed by atoms with van der Waals surface area (Å²) in [7, 11) is 2.04. The Labute approximate surface area is 103 Å². The van der Waals surface area contributed by atoms with Crippen LogP contribution in [0.15, 0.2) is 0 Å². The number of thioether (sulfide) groups is 1. The van der Waals surface area contributed by atoms with Gasteiger partial charge in [-0.2, -0.15) is 16.9 Å². The van der Waals surface area contributed by atoms with E-state index in [1.807, 2.05) is 23.5 Å². The van der Waals surface area contributed by atoms with Gasteiger partial charge in [0.25, 0.3) is 0 Å². The smallest absolute Gasteiger partial charge is 0.130 e. The van der Waals surface area contributed by atoms with Crippen molar-refractivity contribution in [3.63, 3.8) is 0 Å². The highest BCUT2D eigenvalue weighted by Gasteiger charge is 2.20. The molecule has 1 aromatic rings. The zero-order valence-electron chi connectivity index (χ0n) is 9.16. The molecule has 0 bridgehead atoms. The van der Waals surface area contributed by atoms with Gasteiger partial charge < -0.3 is 4.90 Å². The lowest BCUT2D eigenvalue weighted by atomic mass is 10.2. The number of hydrogen-bond donors (Lipinski definition) is 0. The van der Waals surface area contributed by atoms with Gasteiger partial charge in [0.15, 0.2) is 0 Å². The molecule has 15 heavy (non-hydrogen) atoms. The first-order valence-corrected chi connectivity index (χ1v) is 7.42. The quantitative estimate of drug-likeness (QED) is 0.779. The molecular formula is C10H16BrN3S. The lowest BCUT2D eigenvalue weighted by Gasteiger charge is -2.29. The van der Waals surface area contributed by atoms with E-state index in [1.54, 1.807) is 0 Å². The normalized spacial score (nSPS) is 17.1. The summed E-state index contributed by atoms with van der Waals surface area (Å²) in [5.41, 5.74) is 2.48. The Balaban J connectivity index is 2.32. The van der Waals surface area contributed by atoms with E-state index in [-0.39, 0.29) is 0 Å². The van der Waals surface area contributed by atoms with Crippen LogP contribution in [0.25, 0.3) is 0 Å². The van der Waals surface area contributed by atoms with Crippen LogP contribution >= 0.6 is 27.7 Å². The summed E-state index contributed by atoms with van der Waals surface area (Å²) in [6.45, 7) is 4.37. The van der Waals surface area contributed by atoms with Crippen LogP contribution in [-0.2, 0) is 12.4 Å². The largest absolute Gasteiger partial charge is 0.355 e. The molecule has 0 radical (unpaired) electrons. The fraction of sp³-hybridized carbons (Fsp3) is 0.700. The van der Waals surface area contributed by atoms with E-state index < -0.39 is 0 Å². The maximum absolute atomic E-state index is 4.50. The number of anilines is 1. The Morgan fingerprint density at radius 2 is 2.07 bits per heavy atom. The summed E-state index contributed by atoms with van der Waals surface area (Å²) < 4.78 is 2.02. The summed E-state index contributed by atoms with van der Waals surface area (Å²) in [5.74, 6) is 3.75. The highest BCUT2D eigenvalue weighted by atomic mass is 79.9. The summed E-state index contributed by atoms with van der Waals surface area (Å²) in [5, 5.41) is 5.39. The van der Waals surface area contributed by atoms with Crippen molar-refractivity contribution in [1.82, 2.24) is 9.78 Å². The second-order valence-corrected chi connectivity index (χ2v) is 5.53. The molecule has 0 atom stereocenters. The molecule has 1 saturated heterocycles. The molecule has 84 valence electrons. The van der Waals surface area contributed by atoms with Gasteiger partial charge in [-0.3, -0.25) is 4.68 Å². The molecule has 0 aliphatic carbocycles. The van der Waals surface area contributed by atoms with Gasteiger partial charge in [0.1, 0.15) is 5.82 Å². The van der Waals surface area contributed by atoms with E-state index in [1.165, 1.54) is 22.9 Å². The second kappa shape index (κ2) is 4.78. The zero-order valence-corrected chi connectivity index (χ0v) is 11.6. The molecule has 1 fully saturated rings. The van der Waals surface area contributed by atoms with Crippen LogP contribution in [0.1, 0.15) is 11.3 Å². The standard InChI is InChI=1S/C10H16BrN3S/c1-8-9(7-11)10(13(2)12-8)14-3-5-15-6-4-14/h3-7H2,1-2H3. The Hall–Kier alpha value is -0.160. The Bertz CT molecular complexity index is 345. The SMILES string of the molecule is Cc1nn(C)c(N2CCSCC2)c1CBr. The van der Waals surface area contributed by atoms with E-state index in [2.05, 4.69) is 32.9 Å². The van der Waals surface area contributed by atoms with E-state index in [9.17, 15) is 0 Å². The number of aromatic nitrogens is 2. The maximum Gasteiger partial charge on any atom is 0.130 e. The Morgan fingerprint density at radius 3 is 2.67 bits per heavy atom. The van der Waals surface area contributed by atoms with Crippen LogP contribution in [-0.4, -0.2) is 34.4 Å². The first kappa shape index (κ1) is 11.3. The molecule has 0 saturated carbocycles. The van der Waals surface area contributed by atoms with Crippen LogP contribution < -0.4 is 4.90 Å². The maximum atomic E-state index is 4.50. The minimum absolute atomic E-state index is 0.894. The van der Waals surface area contributed by atoms with Gasteiger partial charge in [0.05, 0.1) is 5.69 Å². The molecule has 0 N–H and O–H groups in total. The average Bonchev–Trinajstić information content (AvgIpc) is 2.54. The molecule has 2 rings (SSSR count). The zero-order chi connectivity index (χ0) is 10.8. The van der Waals surface area contributed by atoms with Crippen molar-refractivity contribution in [1.29, 1.82) is 0 Å². The fourth-order valence-electron chi connectivity index (χ4n) is 2.02. The molecule has 5 heteroatoms. The van der Waals surface area contributed by atoms with Crippen LogP contribution in [0.4, 0.5) is 5.82 Å². The third-order valence-electron chi connectivity index (χ3n) is 2.76. The van der Waals surface area contributed by atoms with Gasteiger partial charge in [0.2, 0.25) is 0 Å². The van der Waals surface area contributed by atoms with Crippen LogP contribution in [0, 0.1) is 6.92 Å². The van der Waals surface area contributed by atoms with E-state index in [4.69, 9.17) is 0 Å². The number of rotatable bonds is 2. The summed E-state index contributed by atoms with van der Waals surface area (Å²) in [6.07, 6.45) is 0. The molecular weight excluding hydrogens is 274 g/mol. The molecule has 0 amide bonds. The molecule has 0 unspecified atom stereocenters. The first-order valence-electron chi connectivity index (χ1n) is 5.15. The molecule has 1 aromatic heterocycles. The molecule has 0 aromatic carbocycles. The number of alkyl halides is 1. The van der Waals surface area contributed by atoms with E-state index in [0.717, 1.165) is 24.1 Å². The van der Waals surface area contributed by atoms with Crippen LogP contribution in [0.3, 0.4) is 0 Å². The molecule has 3 nitrogen and oxygen atoms in total. The first-order chi connectivity index (χ1) is 7.24. The lowest BCUT2D eigenvalue weighted by molar-refractivity contribution is 0.713. The predicted octanol–water partition coefficient (Wildman–Crippen LogP) is 2.18. The van der Waals surface area contributed by atoms with Crippen molar-refractivity contribution in [3.05, 3.63) is 11.3 Å². The highest BCUT2D eigenvalue weighted by Crippen LogP contribution is 2.27. The van der Waals surface area contributed by atoms with E-state index in [0.29, 0.717) is 0 Å². The molecule has 0 spiro atoms. The monoisotopic (exact) mass is 289 g/mol. The summed E-state index contributed by atoms with van der Waals surface area (Å²) in [4.78, 5) is 2.45. The average molecular weight is 290 g/mol. The number of hydrogen-bond acceptors (Lipinski definition) is 3. The second-order valence-electron chi connectivity index (χ2n) is 3.74. The number of aryl methyl sites for hydroxylation is 2. The van der Waals surface area contributed by atoms with Gasteiger partial charge in [-0.15, -0.1) is 0 Å². The van der Waals surface area contributed by atoms with Crippen molar-refractivity contribution in [2.24, 2.45) is 7.05 Å². The third kappa shape index (κ3) is 2.18. The van der Waals surface area contributed by atoms with Crippen molar-refractivity contribution < 1.29 is 0 Å². The molecule has 2 heterocycles. The molecule has 1 aliphatic heterocycles. The fourth-order valence-corrected chi connectivity index (χ4v) is 3.58. The molecule has 1 aliphatic rings. The predicted molar refractivity (Wildman–Crippen MR) is 70.1 cm³/mol. The van der Waals surface area contributed by atoms with Crippen molar-refractivity contribution in [3.8, 4) is 0 Å². The van der Waals surface area contributed by atoms with Crippen molar-refractivity contribution >= 4 is 33.5 Å². The number of nitrogens with zero attached hydrogens (tertiary/aromatic N) is 3. The van der Waals surface area contributed by atoms with Crippen LogP contribution in [0.5, 0.6) is 0 Å².